The minimum absolute atomic E-state index is 0.0649. The van der Waals surface area contributed by atoms with Crippen molar-refractivity contribution in [2.24, 2.45) is 0 Å². The lowest BCUT2D eigenvalue weighted by atomic mass is 10.0. The van der Waals surface area contributed by atoms with Gasteiger partial charge in [0.2, 0.25) is 0 Å². The van der Waals surface area contributed by atoms with Gasteiger partial charge in [-0.2, -0.15) is 0 Å². The van der Waals surface area contributed by atoms with Gasteiger partial charge in [0.05, 0.1) is 7.11 Å². The fourth-order valence-corrected chi connectivity index (χ4v) is 1.70. The largest absolute Gasteiger partial charge is 0.497 e. The Labute approximate surface area is 108 Å². The van der Waals surface area contributed by atoms with Gasteiger partial charge >= 0.3 is 5.97 Å². The summed E-state index contributed by atoms with van der Waals surface area (Å²) in [6.45, 7) is 0. The van der Waals surface area contributed by atoms with E-state index < -0.39 is 11.8 Å². The van der Waals surface area contributed by atoms with E-state index in [-0.39, 0.29) is 22.6 Å². The Kier molecular flexibility index (Phi) is 3.33. The number of carboxylic acids is 1. The first-order valence-corrected chi connectivity index (χ1v) is 5.36. The average molecular weight is 262 g/mol. The highest BCUT2D eigenvalue weighted by molar-refractivity contribution is 5.94. The van der Waals surface area contributed by atoms with E-state index in [1.807, 2.05) is 0 Å². The third kappa shape index (κ3) is 2.47. The van der Waals surface area contributed by atoms with E-state index in [2.05, 4.69) is 4.98 Å². The van der Waals surface area contributed by atoms with Crippen LogP contribution in [-0.4, -0.2) is 23.2 Å². The number of halogens is 1. The molecule has 3 N–H and O–H groups in total. The van der Waals surface area contributed by atoms with Crippen molar-refractivity contribution in [2.45, 2.75) is 0 Å². The van der Waals surface area contributed by atoms with Crippen molar-refractivity contribution >= 4 is 11.8 Å². The maximum absolute atomic E-state index is 13.9. The first-order valence-electron chi connectivity index (χ1n) is 5.36. The molecule has 0 aliphatic rings. The van der Waals surface area contributed by atoms with Crippen molar-refractivity contribution in [2.75, 3.05) is 12.8 Å². The molecular weight excluding hydrogens is 251 g/mol. The number of nitrogens with two attached hydrogens (primary N) is 1. The van der Waals surface area contributed by atoms with Crippen LogP contribution in [0.5, 0.6) is 5.75 Å². The van der Waals surface area contributed by atoms with E-state index in [0.717, 1.165) is 0 Å². The van der Waals surface area contributed by atoms with Crippen LogP contribution in [0, 0.1) is 5.82 Å². The number of nitrogen functional groups attached to an aromatic ring is 1. The van der Waals surface area contributed by atoms with Gasteiger partial charge in [-0.25, -0.2) is 14.2 Å². The zero-order valence-corrected chi connectivity index (χ0v) is 10.1. The fraction of sp³-hybridized carbons (Fsp3) is 0.0769. The van der Waals surface area contributed by atoms with Gasteiger partial charge in [-0.05, 0) is 24.3 Å². The van der Waals surface area contributed by atoms with Gasteiger partial charge in [-0.3, -0.25) is 0 Å². The van der Waals surface area contributed by atoms with Crippen LogP contribution in [0.25, 0.3) is 11.1 Å². The molecule has 0 amide bonds. The Balaban J connectivity index is 2.62. The second-order valence-electron chi connectivity index (χ2n) is 3.78. The maximum Gasteiger partial charge on any atom is 0.355 e. The number of aromatic carboxylic acids is 1. The van der Waals surface area contributed by atoms with Crippen LogP contribution in [0.3, 0.4) is 0 Å². The van der Waals surface area contributed by atoms with E-state index in [0.29, 0.717) is 5.75 Å². The molecule has 0 unspecified atom stereocenters. The second-order valence-corrected chi connectivity index (χ2v) is 3.78. The second kappa shape index (κ2) is 4.93. The molecule has 0 spiro atoms. The number of hydrogen-bond donors (Lipinski definition) is 2. The molecule has 6 heteroatoms. The van der Waals surface area contributed by atoms with E-state index in [9.17, 15) is 9.18 Å². The Morgan fingerprint density at radius 3 is 2.58 bits per heavy atom. The van der Waals surface area contributed by atoms with Crippen LogP contribution >= 0.6 is 0 Å². The summed E-state index contributed by atoms with van der Waals surface area (Å²) in [6.07, 6.45) is 0. The Morgan fingerprint density at radius 2 is 2.00 bits per heavy atom. The third-order valence-electron chi connectivity index (χ3n) is 2.59. The molecule has 0 radical (unpaired) electrons. The van der Waals surface area contributed by atoms with Gasteiger partial charge in [0, 0.05) is 17.2 Å². The number of methoxy groups -OCH3 is 1. The molecule has 2 aromatic rings. The molecule has 0 bridgehead atoms. The monoisotopic (exact) mass is 262 g/mol. The van der Waals surface area contributed by atoms with Gasteiger partial charge in [-0.1, -0.05) is 0 Å². The Hall–Kier alpha value is -2.63. The lowest BCUT2D eigenvalue weighted by Crippen LogP contribution is -2.06. The standard InChI is InChI=1S/C13H11FN2O3/c1-19-7-2-3-8(10(14)6-7)9-4-5-11(15)16-12(9)13(17)18/h2-6H,1H3,(H2,15,16)(H,17,18). The molecule has 0 saturated carbocycles. The lowest BCUT2D eigenvalue weighted by molar-refractivity contribution is 0.0691. The minimum atomic E-state index is -1.27. The summed E-state index contributed by atoms with van der Waals surface area (Å²) in [5.74, 6) is -1.44. The first-order chi connectivity index (χ1) is 9.02. The summed E-state index contributed by atoms with van der Waals surface area (Å²) >= 11 is 0. The van der Waals surface area contributed by atoms with Crippen LogP contribution < -0.4 is 10.5 Å². The van der Waals surface area contributed by atoms with Crippen LogP contribution in [0.2, 0.25) is 0 Å². The molecule has 0 aliphatic carbocycles. The Morgan fingerprint density at radius 1 is 1.32 bits per heavy atom. The summed E-state index contributed by atoms with van der Waals surface area (Å²) in [6, 6.07) is 7.01. The number of carboxylic acid groups (broad SMARTS) is 1. The highest BCUT2D eigenvalue weighted by Gasteiger charge is 2.17. The maximum atomic E-state index is 13.9. The van der Waals surface area contributed by atoms with Crippen molar-refractivity contribution in [1.82, 2.24) is 4.98 Å². The van der Waals surface area contributed by atoms with Gasteiger partial charge in [0.15, 0.2) is 5.69 Å². The number of pyridine rings is 1. The molecule has 0 saturated heterocycles. The van der Waals surface area contributed by atoms with Crippen LogP contribution in [0.4, 0.5) is 10.2 Å². The highest BCUT2D eigenvalue weighted by atomic mass is 19.1. The molecule has 0 atom stereocenters. The summed E-state index contributed by atoms with van der Waals surface area (Å²) in [4.78, 5) is 14.8. The lowest BCUT2D eigenvalue weighted by Gasteiger charge is -2.08. The topological polar surface area (TPSA) is 85.4 Å². The average Bonchev–Trinajstić information content (AvgIpc) is 2.39. The van der Waals surface area contributed by atoms with Crippen LogP contribution in [-0.2, 0) is 0 Å². The summed E-state index contributed by atoms with van der Waals surface area (Å²) < 4.78 is 18.8. The molecule has 1 aromatic heterocycles. The normalized spacial score (nSPS) is 10.2. The van der Waals surface area contributed by atoms with Gasteiger partial charge in [0.1, 0.15) is 17.4 Å². The van der Waals surface area contributed by atoms with E-state index in [1.54, 1.807) is 6.07 Å². The number of anilines is 1. The van der Waals surface area contributed by atoms with Crippen molar-refractivity contribution in [3.05, 3.63) is 41.8 Å². The molecule has 19 heavy (non-hydrogen) atoms. The number of hydrogen-bond acceptors (Lipinski definition) is 4. The molecule has 5 nitrogen and oxygen atoms in total. The van der Waals surface area contributed by atoms with E-state index >= 15 is 0 Å². The molecule has 0 fully saturated rings. The number of ether oxygens (including phenoxy) is 1. The quantitative estimate of drug-likeness (QED) is 0.885. The van der Waals surface area contributed by atoms with Crippen molar-refractivity contribution in [3.8, 4) is 16.9 Å². The number of aromatic nitrogens is 1. The van der Waals surface area contributed by atoms with Gasteiger partial charge < -0.3 is 15.6 Å². The van der Waals surface area contributed by atoms with Crippen molar-refractivity contribution < 1.29 is 19.0 Å². The Bertz CT molecular complexity index is 644. The molecule has 2 rings (SSSR count). The summed E-state index contributed by atoms with van der Waals surface area (Å²) in [5.41, 5.74) is 5.45. The molecule has 98 valence electrons. The third-order valence-corrected chi connectivity index (χ3v) is 2.59. The molecular formula is C13H11FN2O3. The number of benzene rings is 1. The van der Waals surface area contributed by atoms with Crippen molar-refractivity contribution in [3.63, 3.8) is 0 Å². The zero-order chi connectivity index (χ0) is 14.0. The van der Waals surface area contributed by atoms with E-state index in [4.69, 9.17) is 15.6 Å². The number of rotatable bonds is 3. The SMILES string of the molecule is COc1ccc(-c2ccc(N)nc2C(=O)O)c(F)c1. The van der Waals surface area contributed by atoms with E-state index in [1.165, 1.54) is 31.4 Å². The summed E-state index contributed by atoms with van der Waals surface area (Å²) in [7, 11) is 1.42. The number of nitrogens with zero attached hydrogens (tertiary/aromatic N) is 1. The smallest absolute Gasteiger partial charge is 0.355 e. The van der Waals surface area contributed by atoms with Crippen LogP contribution in [0.1, 0.15) is 10.5 Å². The predicted octanol–water partition coefficient (Wildman–Crippen LogP) is 2.18. The molecule has 1 heterocycles. The van der Waals surface area contributed by atoms with Gasteiger partial charge in [-0.15, -0.1) is 0 Å². The fourth-order valence-electron chi connectivity index (χ4n) is 1.70. The van der Waals surface area contributed by atoms with Gasteiger partial charge in [0.25, 0.3) is 0 Å². The predicted molar refractivity (Wildman–Crippen MR) is 67.6 cm³/mol. The highest BCUT2D eigenvalue weighted by Crippen LogP contribution is 2.28. The molecule has 1 aromatic carbocycles. The first kappa shape index (κ1) is 12.8. The summed E-state index contributed by atoms with van der Waals surface area (Å²) in [5, 5.41) is 9.08. The zero-order valence-electron chi connectivity index (χ0n) is 10.1. The minimum Gasteiger partial charge on any atom is -0.497 e. The molecule has 0 aliphatic heterocycles. The van der Waals surface area contributed by atoms with Crippen LogP contribution in [0.15, 0.2) is 30.3 Å². The number of carbonyl (C=O) groups is 1. The van der Waals surface area contributed by atoms with Crippen molar-refractivity contribution in [1.29, 1.82) is 0 Å².